The van der Waals surface area contributed by atoms with Crippen molar-refractivity contribution in [1.29, 1.82) is 0 Å². The standard InChI is InChI=1S/C15H15F3N2/c1-10-2-4-11(5-3-10)9-20-12-6-7-14(19)13(8-12)15(16,17)18/h2-8,20H,9,19H2,1H3. The summed E-state index contributed by atoms with van der Waals surface area (Å²) in [5.41, 5.74) is 6.81. The van der Waals surface area contributed by atoms with Gasteiger partial charge >= 0.3 is 6.18 Å². The Bertz CT molecular complexity index is 589. The zero-order chi connectivity index (χ0) is 14.8. The van der Waals surface area contributed by atoms with Crippen LogP contribution in [-0.2, 0) is 12.7 Å². The van der Waals surface area contributed by atoms with E-state index in [9.17, 15) is 13.2 Å². The SMILES string of the molecule is Cc1ccc(CNc2ccc(N)c(C(F)(F)F)c2)cc1. The fourth-order valence-electron chi connectivity index (χ4n) is 1.82. The van der Waals surface area contributed by atoms with Crippen LogP contribution in [0, 0.1) is 6.92 Å². The molecular formula is C15H15F3N2. The molecule has 0 aromatic heterocycles. The van der Waals surface area contributed by atoms with E-state index in [1.54, 1.807) is 6.07 Å². The Morgan fingerprint density at radius 3 is 2.30 bits per heavy atom. The maximum atomic E-state index is 12.7. The zero-order valence-electron chi connectivity index (χ0n) is 11.0. The third kappa shape index (κ3) is 3.44. The predicted octanol–water partition coefficient (Wildman–Crippen LogP) is 4.21. The number of nitrogen functional groups attached to an aromatic ring is 1. The summed E-state index contributed by atoms with van der Waals surface area (Å²) in [5, 5.41) is 2.96. The van der Waals surface area contributed by atoms with Gasteiger partial charge in [0.25, 0.3) is 0 Å². The van der Waals surface area contributed by atoms with Crippen LogP contribution in [-0.4, -0.2) is 0 Å². The highest BCUT2D eigenvalue weighted by molar-refractivity contribution is 5.58. The second kappa shape index (κ2) is 5.45. The van der Waals surface area contributed by atoms with E-state index in [-0.39, 0.29) is 5.69 Å². The van der Waals surface area contributed by atoms with Crippen LogP contribution in [0.3, 0.4) is 0 Å². The lowest BCUT2D eigenvalue weighted by atomic mass is 10.1. The van der Waals surface area contributed by atoms with Crippen molar-refractivity contribution in [1.82, 2.24) is 0 Å². The highest BCUT2D eigenvalue weighted by Crippen LogP contribution is 2.35. The van der Waals surface area contributed by atoms with Crippen LogP contribution >= 0.6 is 0 Å². The Kier molecular flexibility index (Phi) is 3.88. The van der Waals surface area contributed by atoms with Crippen LogP contribution in [0.5, 0.6) is 0 Å². The molecular weight excluding hydrogens is 265 g/mol. The Hall–Kier alpha value is -2.17. The van der Waals surface area contributed by atoms with Gasteiger partial charge in [0.2, 0.25) is 0 Å². The molecule has 0 saturated carbocycles. The highest BCUT2D eigenvalue weighted by Gasteiger charge is 2.33. The number of anilines is 2. The van der Waals surface area contributed by atoms with Gasteiger partial charge in [-0.15, -0.1) is 0 Å². The van der Waals surface area contributed by atoms with E-state index in [1.165, 1.54) is 6.07 Å². The maximum Gasteiger partial charge on any atom is 0.418 e. The van der Waals surface area contributed by atoms with E-state index in [4.69, 9.17) is 5.73 Å². The average Bonchev–Trinajstić information content (AvgIpc) is 2.38. The Balaban J connectivity index is 2.12. The molecule has 0 heterocycles. The van der Waals surface area contributed by atoms with Crippen molar-refractivity contribution in [2.75, 3.05) is 11.1 Å². The quantitative estimate of drug-likeness (QED) is 0.827. The summed E-state index contributed by atoms with van der Waals surface area (Å²) in [6, 6.07) is 11.6. The van der Waals surface area contributed by atoms with Crippen molar-refractivity contribution >= 4 is 11.4 Å². The van der Waals surface area contributed by atoms with Crippen LogP contribution in [0.1, 0.15) is 16.7 Å². The van der Waals surface area contributed by atoms with Gasteiger partial charge < -0.3 is 11.1 Å². The summed E-state index contributed by atoms with van der Waals surface area (Å²) in [7, 11) is 0. The molecule has 0 fully saturated rings. The van der Waals surface area contributed by atoms with Crippen LogP contribution in [0.25, 0.3) is 0 Å². The Morgan fingerprint density at radius 2 is 1.70 bits per heavy atom. The number of aryl methyl sites for hydroxylation is 1. The third-order valence-electron chi connectivity index (χ3n) is 2.98. The van der Waals surface area contributed by atoms with Crippen LogP contribution in [0.2, 0.25) is 0 Å². The normalized spacial score (nSPS) is 11.4. The van der Waals surface area contributed by atoms with Gasteiger partial charge in [-0.3, -0.25) is 0 Å². The van der Waals surface area contributed by atoms with Crippen LogP contribution in [0.15, 0.2) is 42.5 Å². The van der Waals surface area contributed by atoms with Crippen molar-refractivity contribution in [3.05, 3.63) is 59.2 Å². The molecule has 106 valence electrons. The highest BCUT2D eigenvalue weighted by atomic mass is 19.4. The van der Waals surface area contributed by atoms with Gasteiger partial charge in [0, 0.05) is 17.9 Å². The van der Waals surface area contributed by atoms with Gasteiger partial charge in [-0.25, -0.2) is 0 Å². The molecule has 0 spiro atoms. The molecule has 2 aromatic carbocycles. The monoisotopic (exact) mass is 280 g/mol. The number of nitrogens with one attached hydrogen (secondary N) is 1. The largest absolute Gasteiger partial charge is 0.418 e. The van der Waals surface area contributed by atoms with E-state index >= 15 is 0 Å². The van der Waals surface area contributed by atoms with E-state index in [2.05, 4.69) is 5.32 Å². The number of nitrogens with two attached hydrogens (primary N) is 1. The lowest BCUT2D eigenvalue weighted by Crippen LogP contribution is -2.10. The first-order chi connectivity index (χ1) is 9.36. The number of benzene rings is 2. The fourth-order valence-corrected chi connectivity index (χ4v) is 1.82. The lowest BCUT2D eigenvalue weighted by Gasteiger charge is -2.13. The molecule has 0 bridgehead atoms. The van der Waals surface area contributed by atoms with Crippen molar-refractivity contribution in [3.63, 3.8) is 0 Å². The van der Waals surface area contributed by atoms with Gasteiger partial charge in [0.15, 0.2) is 0 Å². The second-order valence-electron chi connectivity index (χ2n) is 4.64. The molecule has 0 atom stereocenters. The van der Waals surface area contributed by atoms with Gasteiger partial charge in [-0.1, -0.05) is 29.8 Å². The van der Waals surface area contributed by atoms with Crippen LogP contribution < -0.4 is 11.1 Å². The minimum atomic E-state index is -4.44. The van der Waals surface area contributed by atoms with Gasteiger partial charge in [-0.2, -0.15) is 13.2 Å². The molecule has 0 saturated heterocycles. The minimum absolute atomic E-state index is 0.265. The van der Waals surface area contributed by atoms with Crippen molar-refractivity contribution in [2.24, 2.45) is 0 Å². The first-order valence-electron chi connectivity index (χ1n) is 6.12. The zero-order valence-corrected chi connectivity index (χ0v) is 11.0. The Labute approximate surface area is 115 Å². The molecule has 2 aromatic rings. The third-order valence-corrected chi connectivity index (χ3v) is 2.98. The van der Waals surface area contributed by atoms with E-state index < -0.39 is 11.7 Å². The molecule has 0 amide bonds. The molecule has 20 heavy (non-hydrogen) atoms. The van der Waals surface area contributed by atoms with Crippen molar-refractivity contribution < 1.29 is 13.2 Å². The van der Waals surface area contributed by atoms with Gasteiger partial charge in [-0.05, 0) is 30.7 Å². The van der Waals surface area contributed by atoms with Gasteiger partial charge in [0.05, 0.1) is 5.56 Å². The number of rotatable bonds is 3. The predicted molar refractivity (Wildman–Crippen MR) is 74.4 cm³/mol. The minimum Gasteiger partial charge on any atom is -0.398 e. The lowest BCUT2D eigenvalue weighted by molar-refractivity contribution is -0.136. The molecule has 0 aliphatic heterocycles. The Morgan fingerprint density at radius 1 is 1.05 bits per heavy atom. The average molecular weight is 280 g/mol. The number of hydrogen-bond donors (Lipinski definition) is 2. The summed E-state index contributed by atoms with van der Waals surface area (Å²) in [6.07, 6.45) is -4.44. The topological polar surface area (TPSA) is 38.0 Å². The molecule has 5 heteroatoms. The van der Waals surface area contributed by atoms with Gasteiger partial charge in [0.1, 0.15) is 0 Å². The summed E-state index contributed by atoms with van der Waals surface area (Å²) >= 11 is 0. The van der Waals surface area contributed by atoms with Crippen molar-refractivity contribution in [2.45, 2.75) is 19.6 Å². The molecule has 0 aliphatic rings. The number of halogens is 3. The summed E-state index contributed by atoms with van der Waals surface area (Å²) < 4.78 is 38.2. The first-order valence-corrected chi connectivity index (χ1v) is 6.12. The molecule has 0 radical (unpaired) electrons. The molecule has 3 N–H and O–H groups in total. The summed E-state index contributed by atoms with van der Waals surface area (Å²) in [4.78, 5) is 0. The summed E-state index contributed by atoms with van der Waals surface area (Å²) in [5.74, 6) is 0. The molecule has 2 nitrogen and oxygen atoms in total. The van der Waals surface area contributed by atoms with E-state index in [0.29, 0.717) is 12.2 Å². The fraction of sp³-hybridized carbons (Fsp3) is 0.200. The molecule has 0 unspecified atom stereocenters. The second-order valence-corrected chi connectivity index (χ2v) is 4.64. The maximum absolute atomic E-state index is 12.7. The number of hydrogen-bond acceptors (Lipinski definition) is 2. The van der Waals surface area contributed by atoms with Crippen molar-refractivity contribution in [3.8, 4) is 0 Å². The smallest absolute Gasteiger partial charge is 0.398 e. The molecule has 0 aliphatic carbocycles. The number of alkyl halides is 3. The van der Waals surface area contributed by atoms with E-state index in [1.807, 2.05) is 31.2 Å². The van der Waals surface area contributed by atoms with E-state index in [0.717, 1.165) is 17.2 Å². The molecule has 2 rings (SSSR count). The van der Waals surface area contributed by atoms with Crippen LogP contribution in [0.4, 0.5) is 24.5 Å². The first kappa shape index (κ1) is 14.2. The summed E-state index contributed by atoms with van der Waals surface area (Å²) in [6.45, 7) is 2.44.